The number of hydrogen-bond acceptors (Lipinski definition) is 1. The summed E-state index contributed by atoms with van der Waals surface area (Å²) in [5, 5.41) is 0. The van der Waals surface area contributed by atoms with Gasteiger partial charge in [0, 0.05) is 6.08 Å². The van der Waals surface area contributed by atoms with Crippen molar-refractivity contribution in [1.82, 2.24) is 0 Å². The standard InChI is InChI=1S/C13H18F2S/c1-5-12(7-6-10(3)16)11(4)13(15)8-9(2)14/h6-8,16H,5H2,1-4H3/b9-8+,10-6+,12-7+,13-11-. The quantitative estimate of drug-likeness (QED) is 0.505. The van der Waals surface area contributed by atoms with Crippen molar-refractivity contribution >= 4 is 12.6 Å². The predicted octanol–water partition coefficient (Wildman–Crippen LogP) is 5.27. The Hall–Kier alpha value is -0.830. The molecular weight excluding hydrogens is 226 g/mol. The van der Waals surface area contributed by atoms with Gasteiger partial charge in [-0.1, -0.05) is 19.1 Å². The minimum atomic E-state index is -0.534. The molecule has 0 aliphatic carbocycles. The molecule has 0 aromatic heterocycles. The molecule has 0 aliphatic rings. The molecule has 0 atom stereocenters. The van der Waals surface area contributed by atoms with E-state index in [9.17, 15) is 8.78 Å². The first-order chi connectivity index (χ1) is 7.38. The maximum atomic E-state index is 13.5. The van der Waals surface area contributed by atoms with Gasteiger partial charge in [-0.2, -0.15) is 0 Å². The van der Waals surface area contributed by atoms with E-state index in [2.05, 4.69) is 12.6 Å². The van der Waals surface area contributed by atoms with Crippen molar-refractivity contribution in [1.29, 1.82) is 0 Å². The molecule has 0 bridgehead atoms. The van der Waals surface area contributed by atoms with E-state index in [1.54, 1.807) is 19.1 Å². The molecular formula is C13H18F2S. The molecule has 0 N–H and O–H groups in total. The zero-order chi connectivity index (χ0) is 12.7. The Morgan fingerprint density at radius 3 is 2.06 bits per heavy atom. The monoisotopic (exact) mass is 244 g/mol. The minimum Gasteiger partial charge on any atom is -0.212 e. The first kappa shape index (κ1) is 15.2. The van der Waals surface area contributed by atoms with Gasteiger partial charge in [0.2, 0.25) is 0 Å². The maximum absolute atomic E-state index is 13.5. The molecule has 90 valence electrons. The van der Waals surface area contributed by atoms with Crippen molar-refractivity contribution in [3.8, 4) is 0 Å². The van der Waals surface area contributed by atoms with Crippen molar-refractivity contribution < 1.29 is 8.78 Å². The summed E-state index contributed by atoms with van der Waals surface area (Å²) in [6.07, 6.45) is 5.19. The maximum Gasteiger partial charge on any atom is 0.128 e. The molecule has 0 saturated carbocycles. The molecule has 16 heavy (non-hydrogen) atoms. The van der Waals surface area contributed by atoms with Crippen LogP contribution in [0.25, 0.3) is 0 Å². The van der Waals surface area contributed by atoms with Gasteiger partial charge in [0.25, 0.3) is 0 Å². The largest absolute Gasteiger partial charge is 0.212 e. The van der Waals surface area contributed by atoms with Gasteiger partial charge < -0.3 is 0 Å². The van der Waals surface area contributed by atoms with Gasteiger partial charge in [-0.3, -0.25) is 0 Å². The van der Waals surface area contributed by atoms with Gasteiger partial charge in [-0.25, -0.2) is 8.78 Å². The van der Waals surface area contributed by atoms with Gasteiger partial charge in [0.15, 0.2) is 0 Å². The van der Waals surface area contributed by atoms with Crippen molar-refractivity contribution in [2.75, 3.05) is 0 Å². The molecule has 0 rings (SSSR count). The smallest absolute Gasteiger partial charge is 0.128 e. The van der Waals surface area contributed by atoms with Crippen LogP contribution < -0.4 is 0 Å². The average molecular weight is 244 g/mol. The fourth-order valence-electron chi connectivity index (χ4n) is 1.17. The molecule has 0 radical (unpaired) electrons. The van der Waals surface area contributed by atoms with E-state index in [-0.39, 0.29) is 0 Å². The van der Waals surface area contributed by atoms with Crippen molar-refractivity contribution in [2.24, 2.45) is 0 Å². The Morgan fingerprint density at radius 1 is 1.12 bits per heavy atom. The lowest BCUT2D eigenvalue weighted by molar-refractivity contribution is 0.609. The van der Waals surface area contributed by atoms with E-state index in [4.69, 9.17) is 0 Å². The summed E-state index contributed by atoms with van der Waals surface area (Å²) < 4.78 is 26.0. The first-order valence-corrected chi connectivity index (χ1v) is 5.60. The van der Waals surface area contributed by atoms with Gasteiger partial charge in [0.1, 0.15) is 5.83 Å². The van der Waals surface area contributed by atoms with Gasteiger partial charge in [0.05, 0.1) is 5.83 Å². The number of allylic oxidation sites excluding steroid dienone is 8. The summed E-state index contributed by atoms with van der Waals surface area (Å²) in [6.45, 7) is 6.63. The van der Waals surface area contributed by atoms with E-state index in [1.807, 2.05) is 13.8 Å². The molecule has 0 amide bonds. The SMILES string of the molecule is CCC(=C\C=C(/C)S)/C(C)=C(F)/C=C(\C)F. The van der Waals surface area contributed by atoms with Gasteiger partial charge in [-0.15, -0.1) is 12.6 Å². The van der Waals surface area contributed by atoms with Crippen LogP contribution in [0.3, 0.4) is 0 Å². The lowest BCUT2D eigenvalue weighted by Gasteiger charge is -2.04. The highest BCUT2D eigenvalue weighted by Crippen LogP contribution is 2.21. The van der Waals surface area contributed by atoms with E-state index in [0.29, 0.717) is 12.0 Å². The summed E-state index contributed by atoms with van der Waals surface area (Å²) in [5.41, 5.74) is 1.30. The first-order valence-electron chi connectivity index (χ1n) is 5.15. The third kappa shape index (κ3) is 5.91. The Balaban J connectivity index is 5.20. The topological polar surface area (TPSA) is 0 Å². The van der Waals surface area contributed by atoms with Crippen molar-refractivity contribution in [2.45, 2.75) is 34.1 Å². The minimum absolute atomic E-state index is 0.463. The molecule has 0 fully saturated rings. The fraction of sp³-hybridized carbons (Fsp3) is 0.385. The number of rotatable bonds is 4. The third-order valence-electron chi connectivity index (χ3n) is 2.07. The van der Waals surface area contributed by atoms with Crippen LogP contribution in [0.4, 0.5) is 8.78 Å². The fourth-order valence-corrected chi connectivity index (χ4v) is 1.24. The van der Waals surface area contributed by atoms with Gasteiger partial charge in [-0.05, 0) is 43.2 Å². The molecule has 0 saturated heterocycles. The van der Waals surface area contributed by atoms with Crippen LogP contribution in [0.15, 0.2) is 45.9 Å². The molecule has 0 heterocycles. The summed E-state index contributed by atoms with van der Waals surface area (Å²) in [6, 6.07) is 0. The van der Waals surface area contributed by atoms with Gasteiger partial charge >= 0.3 is 0 Å². The predicted molar refractivity (Wildman–Crippen MR) is 69.8 cm³/mol. The van der Waals surface area contributed by atoms with Crippen LogP contribution in [0.5, 0.6) is 0 Å². The van der Waals surface area contributed by atoms with Crippen LogP contribution in [-0.4, -0.2) is 0 Å². The molecule has 0 nitrogen and oxygen atoms in total. The molecule has 3 heteroatoms. The number of hydrogen-bond donors (Lipinski definition) is 1. The summed E-state index contributed by atoms with van der Waals surface area (Å²) in [7, 11) is 0. The van der Waals surface area contributed by atoms with E-state index < -0.39 is 11.7 Å². The number of halogens is 2. The van der Waals surface area contributed by atoms with E-state index >= 15 is 0 Å². The lowest BCUT2D eigenvalue weighted by atomic mass is 10.0. The number of thiol groups is 1. The Labute approximate surface area is 102 Å². The van der Waals surface area contributed by atoms with E-state index in [1.165, 1.54) is 6.92 Å². The second-order valence-corrected chi connectivity index (χ2v) is 4.26. The lowest BCUT2D eigenvalue weighted by Crippen LogP contribution is -1.87. The Morgan fingerprint density at radius 2 is 1.69 bits per heavy atom. The third-order valence-corrected chi connectivity index (χ3v) is 2.22. The summed E-state index contributed by atoms with van der Waals surface area (Å²) in [5.74, 6) is -1.06. The highest BCUT2D eigenvalue weighted by atomic mass is 32.1. The average Bonchev–Trinajstić information content (AvgIpc) is 2.16. The van der Waals surface area contributed by atoms with Crippen molar-refractivity contribution in [3.63, 3.8) is 0 Å². The zero-order valence-electron chi connectivity index (χ0n) is 10.1. The molecule has 0 spiro atoms. The molecule has 0 unspecified atom stereocenters. The second kappa shape index (κ2) is 7.44. The summed E-state index contributed by atoms with van der Waals surface area (Å²) in [4.78, 5) is 0.844. The Bertz CT molecular complexity index is 352. The normalized spacial score (nSPS) is 16.3. The van der Waals surface area contributed by atoms with Crippen LogP contribution in [-0.2, 0) is 0 Å². The highest BCUT2D eigenvalue weighted by molar-refractivity contribution is 7.84. The highest BCUT2D eigenvalue weighted by Gasteiger charge is 2.03. The summed E-state index contributed by atoms with van der Waals surface area (Å²) >= 11 is 4.12. The Kier molecular flexibility index (Phi) is 7.06. The van der Waals surface area contributed by atoms with E-state index in [0.717, 1.165) is 16.6 Å². The zero-order valence-corrected chi connectivity index (χ0v) is 11.0. The van der Waals surface area contributed by atoms with Crippen molar-refractivity contribution in [3.05, 3.63) is 45.9 Å². The molecule has 0 aliphatic heterocycles. The molecule has 0 aromatic carbocycles. The van der Waals surface area contributed by atoms with Crippen LogP contribution in [0, 0.1) is 0 Å². The van der Waals surface area contributed by atoms with Crippen LogP contribution >= 0.6 is 12.6 Å². The second-order valence-electron chi connectivity index (χ2n) is 3.56. The van der Waals surface area contributed by atoms with Crippen LogP contribution in [0.2, 0.25) is 0 Å². The van der Waals surface area contributed by atoms with Crippen LogP contribution in [0.1, 0.15) is 34.1 Å². The molecule has 0 aromatic rings.